The van der Waals surface area contributed by atoms with Gasteiger partial charge < -0.3 is 10.8 Å². The molecule has 0 aliphatic carbocycles. The predicted molar refractivity (Wildman–Crippen MR) is 49.6 cm³/mol. The number of hydrogen-bond acceptors (Lipinski definition) is 3. The summed E-state index contributed by atoms with van der Waals surface area (Å²) in [5, 5.41) is 10.6. The van der Waals surface area contributed by atoms with E-state index in [1.54, 1.807) is 4.90 Å². The zero-order valence-corrected chi connectivity index (χ0v) is 7.90. The number of nitrogens with zero attached hydrogens (tertiary/aromatic N) is 1. The number of carbonyl (C=O) groups is 2. The summed E-state index contributed by atoms with van der Waals surface area (Å²) in [5.41, 5.74) is 5.11. The van der Waals surface area contributed by atoms with Gasteiger partial charge in [0.2, 0.25) is 0 Å². The fourth-order valence-electron chi connectivity index (χ4n) is 1.64. The molecule has 1 unspecified atom stereocenters. The fourth-order valence-corrected chi connectivity index (χ4v) is 1.64. The smallest absolute Gasteiger partial charge is 0.406 e. The van der Waals surface area contributed by atoms with E-state index in [0.717, 1.165) is 19.3 Å². The van der Waals surface area contributed by atoms with E-state index in [-0.39, 0.29) is 0 Å². The molecule has 0 spiro atoms. The SMILES string of the molecule is NC(=O)C(NC(=O)O)N1CCCCC1. The third-order valence-electron chi connectivity index (χ3n) is 2.29. The molecule has 0 aromatic rings. The highest BCUT2D eigenvalue weighted by atomic mass is 16.4. The minimum atomic E-state index is -1.22. The first-order chi connectivity index (χ1) is 6.61. The minimum Gasteiger partial charge on any atom is -0.465 e. The van der Waals surface area contributed by atoms with Crippen LogP contribution in [0.15, 0.2) is 0 Å². The molecule has 1 atom stereocenters. The van der Waals surface area contributed by atoms with E-state index >= 15 is 0 Å². The summed E-state index contributed by atoms with van der Waals surface area (Å²) in [6.07, 6.45) is 0.970. The van der Waals surface area contributed by atoms with Crippen molar-refractivity contribution in [3.63, 3.8) is 0 Å². The van der Waals surface area contributed by atoms with Gasteiger partial charge in [-0.2, -0.15) is 0 Å². The lowest BCUT2D eigenvalue weighted by Crippen LogP contribution is -2.56. The van der Waals surface area contributed by atoms with Gasteiger partial charge in [0, 0.05) is 13.1 Å². The van der Waals surface area contributed by atoms with E-state index in [1.165, 1.54) is 0 Å². The highest BCUT2D eigenvalue weighted by molar-refractivity contribution is 5.83. The largest absolute Gasteiger partial charge is 0.465 e. The molecular formula is C8H15N3O3. The van der Waals surface area contributed by atoms with Crippen molar-refractivity contribution in [2.45, 2.75) is 25.4 Å². The molecule has 1 fully saturated rings. The molecular weight excluding hydrogens is 186 g/mol. The molecule has 2 amide bonds. The Hall–Kier alpha value is -1.30. The highest BCUT2D eigenvalue weighted by Gasteiger charge is 2.26. The molecule has 4 N–H and O–H groups in total. The summed E-state index contributed by atoms with van der Waals surface area (Å²) < 4.78 is 0. The van der Waals surface area contributed by atoms with Crippen LogP contribution in [0.1, 0.15) is 19.3 Å². The van der Waals surface area contributed by atoms with Gasteiger partial charge in [-0.15, -0.1) is 0 Å². The van der Waals surface area contributed by atoms with E-state index in [4.69, 9.17) is 10.8 Å². The van der Waals surface area contributed by atoms with Gasteiger partial charge in [-0.05, 0) is 12.8 Å². The third kappa shape index (κ3) is 2.88. The zero-order chi connectivity index (χ0) is 10.6. The van der Waals surface area contributed by atoms with Gasteiger partial charge in [-0.1, -0.05) is 6.42 Å². The molecule has 0 aromatic carbocycles. The molecule has 1 rings (SSSR count). The second-order valence-corrected chi connectivity index (χ2v) is 3.35. The number of amides is 2. The quantitative estimate of drug-likeness (QED) is 0.576. The van der Waals surface area contributed by atoms with E-state index in [2.05, 4.69) is 5.32 Å². The summed E-state index contributed by atoms with van der Waals surface area (Å²) in [6, 6.07) is 0. The van der Waals surface area contributed by atoms with Crippen molar-refractivity contribution in [3.05, 3.63) is 0 Å². The first-order valence-electron chi connectivity index (χ1n) is 4.64. The average molecular weight is 201 g/mol. The van der Waals surface area contributed by atoms with Crippen LogP contribution >= 0.6 is 0 Å². The van der Waals surface area contributed by atoms with Crippen LogP contribution in [0.5, 0.6) is 0 Å². The number of piperidine rings is 1. The van der Waals surface area contributed by atoms with Crippen LogP contribution in [0.4, 0.5) is 4.79 Å². The normalized spacial score (nSPS) is 20.0. The Morgan fingerprint density at radius 3 is 2.29 bits per heavy atom. The number of nitrogens with one attached hydrogen (secondary N) is 1. The van der Waals surface area contributed by atoms with Crippen LogP contribution in [-0.4, -0.2) is 41.3 Å². The van der Waals surface area contributed by atoms with Crippen molar-refractivity contribution in [3.8, 4) is 0 Å². The van der Waals surface area contributed by atoms with Crippen LogP contribution in [-0.2, 0) is 4.79 Å². The van der Waals surface area contributed by atoms with E-state index in [9.17, 15) is 9.59 Å². The molecule has 0 radical (unpaired) electrons. The van der Waals surface area contributed by atoms with Gasteiger partial charge in [-0.3, -0.25) is 15.0 Å². The Bertz CT molecular complexity index is 226. The van der Waals surface area contributed by atoms with E-state index < -0.39 is 18.2 Å². The maximum Gasteiger partial charge on any atom is 0.406 e. The first kappa shape index (κ1) is 10.8. The minimum absolute atomic E-state index is 0.644. The summed E-state index contributed by atoms with van der Waals surface area (Å²) >= 11 is 0. The van der Waals surface area contributed by atoms with Crippen molar-refractivity contribution < 1.29 is 14.7 Å². The molecule has 0 bridgehead atoms. The molecule has 1 aliphatic heterocycles. The van der Waals surface area contributed by atoms with Gasteiger partial charge in [0.05, 0.1) is 0 Å². The number of carboxylic acid groups (broad SMARTS) is 1. The van der Waals surface area contributed by atoms with Crippen molar-refractivity contribution in [1.29, 1.82) is 0 Å². The number of primary amides is 1. The Labute approximate surface area is 82.1 Å². The van der Waals surface area contributed by atoms with E-state index in [1.807, 2.05) is 0 Å². The fraction of sp³-hybridized carbons (Fsp3) is 0.750. The molecule has 1 aliphatic rings. The number of nitrogens with two attached hydrogens (primary N) is 1. The molecule has 14 heavy (non-hydrogen) atoms. The summed E-state index contributed by atoms with van der Waals surface area (Å²) in [6.45, 7) is 1.43. The Morgan fingerprint density at radius 1 is 1.29 bits per heavy atom. The molecule has 0 saturated carbocycles. The number of likely N-dealkylation sites (tertiary alicyclic amines) is 1. The third-order valence-corrected chi connectivity index (χ3v) is 2.29. The number of hydrogen-bond donors (Lipinski definition) is 3. The second-order valence-electron chi connectivity index (χ2n) is 3.35. The van der Waals surface area contributed by atoms with Crippen molar-refractivity contribution in [2.75, 3.05) is 13.1 Å². The first-order valence-corrected chi connectivity index (χ1v) is 4.64. The van der Waals surface area contributed by atoms with Gasteiger partial charge in [0.1, 0.15) is 0 Å². The lowest BCUT2D eigenvalue weighted by Gasteiger charge is -2.32. The second kappa shape index (κ2) is 4.80. The van der Waals surface area contributed by atoms with Gasteiger partial charge >= 0.3 is 6.09 Å². The van der Waals surface area contributed by atoms with Crippen molar-refractivity contribution in [1.82, 2.24) is 10.2 Å². The van der Waals surface area contributed by atoms with Crippen molar-refractivity contribution in [2.24, 2.45) is 5.73 Å². The van der Waals surface area contributed by atoms with Crippen LogP contribution in [0.2, 0.25) is 0 Å². The summed E-state index contributed by atoms with van der Waals surface area (Å²) in [5.74, 6) is -0.644. The Balaban J connectivity index is 2.56. The summed E-state index contributed by atoms with van der Waals surface area (Å²) in [7, 11) is 0. The maximum atomic E-state index is 11.0. The lowest BCUT2D eigenvalue weighted by molar-refractivity contribution is -0.124. The monoisotopic (exact) mass is 201 g/mol. The van der Waals surface area contributed by atoms with Gasteiger partial charge in [0.25, 0.3) is 5.91 Å². The lowest BCUT2D eigenvalue weighted by atomic mass is 10.1. The van der Waals surface area contributed by atoms with E-state index in [0.29, 0.717) is 13.1 Å². The number of carbonyl (C=O) groups excluding carboxylic acids is 1. The Kier molecular flexibility index (Phi) is 3.70. The van der Waals surface area contributed by atoms with Crippen molar-refractivity contribution >= 4 is 12.0 Å². The molecule has 0 aromatic heterocycles. The molecule has 6 heteroatoms. The van der Waals surface area contributed by atoms with Gasteiger partial charge in [-0.25, -0.2) is 4.79 Å². The van der Waals surface area contributed by atoms with Crippen LogP contribution < -0.4 is 11.1 Å². The highest BCUT2D eigenvalue weighted by Crippen LogP contribution is 2.10. The summed E-state index contributed by atoms with van der Waals surface area (Å²) in [4.78, 5) is 23.2. The molecule has 6 nitrogen and oxygen atoms in total. The number of rotatable bonds is 3. The average Bonchev–Trinajstić information content (AvgIpc) is 2.15. The van der Waals surface area contributed by atoms with Crippen LogP contribution in [0.25, 0.3) is 0 Å². The molecule has 80 valence electrons. The Morgan fingerprint density at radius 2 is 1.86 bits per heavy atom. The maximum absolute atomic E-state index is 11.0. The van der Waals surface area contributed by atoms with Crippen LogP contribution in [0, 0.1) is 0 Å². The standard InChI is InChI=1S/C8H15N3O3/c9-6(12)7(10-8(13)14)11-4-2-1-3-5-11/h7,10H,1-5H2,(H2,9,12)(H,13,14). The van der Waals surface area contributed by atoms with Gasteiger partial charge in [0.15, 0.2) is 6.17 Å². The molecule has 1 heterocycles. The molecule has 1 saturated heterocycles. The van der Waals surface area contributed by atoms with Crippen LogP contribution in [0.3, 0.4) is 0 Å². The predicted octanol–water partition coefficient (Wildman–Crippen LogP) is -0.449. The zero-order valence-electron chi connectivity index (χ0n) is 7.90. The topological polar surface area (TPSA) is 95.7 Å².